The summed E-state index contributed by atoms with van der Waals surface area (Å²) in [6, 6.07) is 7.63. The van der Waals surface area contributed by atoms with Crippen LogP contribution in [0.15, 0.2) is 24.3 Å². The number of benzene rings is 1. The molecule has 3 nitrogen and oxygen atoms in total. The van der Waals surface area contributed by atoms with Gasteiger partial charge in [0.2, 0.25) is 0 Å². The predicted molar refractivity (Wildman–Crippen MR) is 70.4 cm³/mol. The van der Waals surface area contributed by atoms with Crippen molar-refractivity contribution in [2.45, 2.75) is 26.4 Å². The molecular weight excluding hydrogens is 214 g/mol. The third-order valence-electron chi connectivity index (χ3n) is 2.90. The second kappa shape index (κ2) is 7.30. The molecule has 0 radical (unpaired) electrons. The summed E-state index contributed by atoms with van der Waals surface area (Å²) >= 11 is 0. The Morgan fingerprint density at radius 2 is 2.12 bits per heavy atom. The van der Waals surface area contributed by atoms with Gasteiger partial charge in [-0.1, -0.05) is 26.0 Å². The first kappa shape index (κ1) is 14.0. The maximum Gasteiger partial charge on any atom is 0.119 e. The predicted octanol–water partition coefficient (Wildman–Crippen LogP) is 2.46. The van der Waals surface area contributed by atoms with E-state index in [9.17, 15) is 5.11 Å². The van der Waals surface area contributed by atoms with Crippen LogP contribution in [0.3, 0.4) is 0 Å². The Labute approximate surface area is 104 Å². The molecule has 0 bridgehead atoms. The van der Waals surface area contributed by atoms with Gasteiger partial charge in [0.15, 0.2) is 0 Å². The smallest absolute Gasteiger partial charge is 0.119 e. The molecule has 96 valence electrons. The number of aliphatic hydroxyl groups excluding tert-OH is 1. The van der Waals surface area contributed by atoms with Gasteiger partial charge in [-0.25, -0.2) is 0 Å². The topological polar surface area (TPSA) is 32.7 Å². The van der Waals surface area contributed by atoms with Crippen molar-refractivity contribution >= 4 is 0 Å². The monoisotopic (exact) mass is 237 g/mol. The van der Waals surface area contributed by atoms with Gasteiger partial charge in [-0.3, -0.25) is 0 Å². The fraction of sp³-hybridized carbons (Fsp3) is 0.571. The number of methoxy groups -OCH3 is 1. The summed E-state index contributed by atoms with van der Waals surface area (Å²) in [7, 11) is 1.64. The maximum absolute atomic E-state index is 10.2. The normalized spacial score (nSPS) is 12.8. The molecule has 17 heavy (non-hydrogen) atoms. The number of likely N-dealkylation sites (N-methyl/N-ethyl adjacent to an activating group) is 1. The molecular formula is C14H23NO2. The highest BCUT2D eigenvalue weighted by Crippen LogP contribution is 2.19. The van der Waals surface area contributed by atoms with E-state index in [-0.39, 0.29) is 0 Å². The van der Waals surface area contributed by atoms with E-state index in [1.165, 1.54) is 0 Å². The summed E-state index contributed by atoms with van der Waals surface area (Å²) in [6.07, 6.45) is 0.662. The van der Waals surface area contributed by atoms with Crippen molar-refractivity contribution in [3.05, 3.63) is 29.8 Å². The van der Waals surface area contributed by atoms with Crippen LogP contribution < -0.4 is 4.74 Å². The minimum atomic E-state index is -0.448. The lowest BCUT2D eigenvalue weighted by Crippen LogP contribution is -2.29. The van der Waals surface area contributed by atoms with Crippen molar-refractivity contribution in [3.8, 4) is 5.75 Å². The van der Waals surface area contributed by atoms with Crippen LogP contribution in [0.4, 0.5) is 0 Å². The molecule has 1 N–H and O–H groups in total. The van der Waals surface area contributed by atoms with E-state index < -0.39 is 6.10 Å². The molecule has 0 saturated carbocycles. The average Bonchev–Trinajstić information content (AvgIpc) is 2.38. The van der Waals surface area contributed by atoms with Crippen LogP contribution in [0.25, 0.3) is 0 Å². The Morgan fingerprint density at radius 3 is 2.71 bits per heavy atom. The summed E-state index contributed by atoms with van der Waals surface area (Å²) in [5.41, 5.74) is 0.916. The number of nitrogens with zero attached hydrogens (tertiary/aromatic N) is 1. The largest absolute Gasteiger partial charge is 0.497 e. The van der Waals surface area contributed by atoms with E-state index in [0.717, 1.165) is 30.8 Å². The number of hydrogen-bond donors (Lipinski definition) is 1. The van der Waals surface area contributed by atoms with Gasteiger partial charge >= 0.3 is 0 Å². The number of hydrogen-bond acceptors (Lipinski definition) is 3. The lowest BCUT2D eigenvalue weighted by Gasteiger charge is -2.23. The molecule has 1 aromatic carbocycles. The lowest BCUT2D eigenvalue weighted by molar-refractivity contribution is 0.116. The van der Waals surface area contributed by atoms with Crippen LogP contribution in [0, 0.1) is 0 Å². The zero-order valence-corrected chi connectivity index (χ0v) is 11.0. The van der Waals surface area contributed by atoms with Crippen LogP contribution in [0.5, 0.6) is 5.75 Å². The minimum Gasteiger partial charge on any atom is -0.497 e. The molecule has 3 heteroatoms. The first-order valence-electron chi connectivity index (χ1n) is 6.25. The fourth-order valence-electron chi connectivity index (χ4n) is 1.89. The van der Waals surface area contributed by atoms with E-state index in [1.54, 1.807) is 7.11 Å². The number of rotatable bonds is 7. The Morgan fingerprint density at radius 1 is 1.35 bits per heavy atom. The van der Waals surface area contributed by atoms with Gasteiger partial charge in [-0.2, -0.15) is 0 Å². The van der Waals surface area contributed by atoms with Gasteiger partial charge < -0.3 is 14.7 Å². The first-order valence-corrected chi connectivity index (χ1v) is 6.25. The van der Waals surface area contributed by atoms with Crippen molar-refractivity contribution in [2.24, 2.45) is 0 Å². The highest BCUT2D eigenvalue weighted by molar-refractivity contribution is 5.29. The van der Waals surface area contributed by atoms with Gasteiger partial charge in [0.05, 0.1) is 13.2 Å². The van der Waals surface area contributed by atoms with Crippen molar-refractivity contribution in [2.75, 3.05) is 26.7 Å². The average molecular weight is 237 g/mol. The standard InChI is InChI=1S/C14H23NO2/c1-4-9-15(5-2)11-14(16)12-7-6-8-13(10-12)17-3/h6-8,10,14,16H,4-5,9,11H2,1-3H3. The number of ether oxygens (including phenoxy) is 1. The van der Waals surface area contributed by atoms with Crippen molar-refractivity contribution in [3.63, 3.8) is 0 Å². The summed E-state index contributed by atoms with van der Waals surface area (Å²) in [6.45, 7) is 6.94. The Kier molecular flexibility index (Phi) is 6.01. The molecule has 1 unspecified atom stereocenters. The van der Waals surface area contributed by atoms with Crippen molar-refractivity contribution in [1.82, 2.24) is 4.90 Å². The van der Waals surface area contributed by atoms with E-state index in [2.05, 4.69) is 18.7 Å². The summed E-state index contributed by atoms with van der Waals surface area (Å²) in [5, 5.41) is 10.2. The van der Waals surface area contributed by atoms with Gasteiger partial charge in [0.25, 0.3) is 0 Å². The Balaban J connectivity index is 2.64. The molecule has 0 spiro atoms. The Hall–Kier alpha value is -1.06. The molecule has 0 heterocycles. The Bertz CT molecular complexity index is 328. The zero-order chi connectivity index (χ0) is 12.7. The minimum absolute atomic E-state index is 0.448. The van der Waals surface area contributed by atoms with Gasteiger partial charge in [-0.15, -0.1) is 0 Å². The van der Waals surface area contributed by atoms with Crippen molar-refractivity contribution < 1.29 is 9.84 Å². The second-order valence-electron chi connectivity index (χ2n) is 4.19. The third kappa shape index (κ3) is 4.36. The van der Waals surface area contributed by atoms with Crippen LogP contribution in [-0.2, 0) is 0 Å². The van der Waals surface area contributed by atoms with Crippen molar-refractivity contribution in [1.29, 1.82) is 0 Å². The molecule has 0 saturated heterocycles. The highest BCUT2D eigenvalue weighted by atomic mass is 16.5. The molecule has 0 fully saturated rings. The maximum atomic E-state index is 10.2. The summed E-state index contributed by atoms with van der Waals surface area (Å²) in [4.78, 5) is 2.25. The van der Waals surface area contributed by atoms with Crippen LogP contribution in [-0.4, -0.2) is 36.8 Å². The SMILES string of the molecule is CCCN(CC)CC(O)c1cccc(OC)c1. The molecule has 1 atom stereocenters. The molecule has 0 aliphatic carbocycles. The van der Waals surface area contributed by atoms with Crippen LogP contribution in [0.1, 0.15) is 31.9 Å². The van der Waals surface area contributed by atoms with E-state index in [1.807, 2.05) is 24.3 Å². The van der Waals surface area contributed by atoms with E-state index >= 15 is 0 Å². The molecule has 1 aromatic rings. The lowest BCUT2D eigenvalue weighted by atomic mass is 10.1. The molecule has 0 aliphatic rings. The second-order valence-corrected chi connectivity index (χ2v) is 4.19. The van der Waals surface area contributed by atoms with Gasteiger partial charge in [0.1, 0.15) is 5.75 Å². The van der Waals surface area contributed by atoms with Crippen LogP contribution >= 0.6 is 0 Å². The fourth-order valence-corrected chi connectivity index (χ4v) is 1.89. The molecule has 0 amide bonds. The quantitative estimate of drug-likeness (QED) is 0.790. The summed E-state index contributed by atoms with van der Waals surface area (Å²) < 4.78 is 5.16. The van der Waals surface area contributed by atoms with Gasteiger partial charge in [-0.05, 0) is 37.2 Å². The third-order valence-corrected chi connectivity index (χ3v) is 2.90. The summed E-state index contributed by atoms with van der Waals surface area (Å²) in [5.74, 6) is 0.792. The molecule has 1 rings (SSSR count). The van der Waals surface area contributed by atoms with Crippen LogP contribution in [0.2, 0.25) is 0 Å². The van der Waals surface area contributed by atoms with Gasteiger partial charge in [0, 0.05) is 6.54 Å². The zero-order valence-electron chi connectivity index (χ0n) is 11.0. The van der Waals surface area contributed by atoms with E-state index in [0.29, 0.717) is 6.54 Å². The highest BCUT2D eigenvalue weighted by Gasteiger charge is 2.12. The first-order chi connectivity index (χ1) is 8.21. The number of aliphatic hydroxyl groups is 1. The molecule has 0 aromatic heterocycles. The van der Waals surface area contributed by atoms with E-state index in [4.69, 9.17) is 4.74 Å². The molecule has 0 aliphatic heterocycles.